The summed E-state index contributed by atoms with van der Waals surface area (Å²) in [4.78, 5) is 6.36. The van der Waals surface area contributed by atoms with Gasteiger partial charge in [0.2, 0.25) is 0 Å². The highest BCUT2D eigenvalue weighted by Crippen LogP contribution is 2.24. The molecule has 1 aromatic carbocycles. The summed E-state index contributed by atoms with van der Waals surface area (Å²) < 4.78 is 18.5. The van der Waals surface area contributed by atoms with Gasteiger partial charge in [-0.2, -0.15) is 4.98 Å². The topological polar surface area (TPSA) is 41.3 Å². The molecule has 0 aliphatic heterocycles. The maximum atomic E-state index is 13.0. The fourth-order valence-corrected chi connectivity index (χ4v) is 1.94. The third-order valence-corrected chi connectivity index (χ3v) is 2.96. The van der Waals surface area contributed by atoms with Gasteiger partial charge in [0.1, 0.15) is 12.1 Å². The van der Waals surface area contributed by atoms with Gasteiger partial charge in [0.15, 0.2) is 0 Å². The summed E-state index contributed by atoms with van der Waals surface area (Å²) in [7, 11) is 0. The van der Waals surface area contributed by atoms with Gasteiger partial charge in [0, 0.05) is 18.8 Å². The number of halogens is 1. The lowest BCUT2D eigenvalue weighted by atomic mass is 10.3. The van der Waals surface area contributed by atoms with Crippen molar-refractivity contribution in [2.24, 2.45) is 0 Å². The zero-order valence-corrected chi connectivity index (χ0v) is 11.9. The summed E-state index contributed by atoms with van der Waals surface area (Å²) in [6.45, 7) is 6.47. The van der Waals surface area contributed by atoms with Gasteiger partial charge in [0.25, 0.3) is 0 Å². The van der Waals surface area contributed by atoms with E-state index in [9.17, 15) is 4.39 Å². The molecule has 0 unspecified atom stereocenters. The van der Waals surface area contributed by atoms with E-state index in [4.69, 9.17) is 4.42 Å². The van der Waals surface area contributed by atoms with Crippen LogP contribution in [0, 0.1) is 5.82 Å². The van der Waals surface area contributed by atoms with E-state index in [0.717, 1.165) is 24.3 Å². The van der Waals surface area contributed by atoms with Crippen molar-refractivity contribution < 1.29 is 8.81 Å². The number of hydrogen-bond acceptors (Lipinski definition) is 4. The number of aromatic nitrogens is 1. The number of rotatable bonds is 7. The Balaban J connectivity index is 2.09. The summed E-state index contributed by atoms with van der Waals surface area (Å²) >= 11 is 0. The first-order chi connectivity index (χ1) is 9.74. The zero-order chi connectivity index (χ0) is 14.4. The van der Waals surface area contributed by atoms with Crippen LogP contribution in [-0.4, -0.2) is 18.1 Å². The molecule has 0 atom stereocenters. The van der Waals surface area contributed by atoms with Gasteiger partial charge in [-0.1, -0.05) is 6.92 Å². The van der Waals surface area contributed by atoms with Gasteiger partial charge in [-0.15, -0.1) is 0 Å². The maximum Gasteiger partial charge on any atom is 0.302 e. The molecule has 1 N–H and O–H groups in total. The molecule has 0 spiro atoms. The van der Waals surface area contributed by atoms with Gasteiger partial charge in [-0.25, -0.2) is 4.39 Å². The molecule has 0 aliphatic rings. The first-order valence-electron chi connectivity index (χ1n) is 6.92. The van der Waals surface area contributed by atoms with Gasteiger partial charge in [-0.3, -0.25) is 4.90 Å². The Bertz CT molecular complexity index is 524. The Morgan fingerprint density at radius 3 is 2.65 bits per heavy atom. The average Bonchev–Trinajstić information content (AvgIpc) is 2.91. The van der Waals surface area contributed by atoms with E-state index in [1.807, 2.05) is 11.8 Å². The summed E-state index contributed by atoms with van der Waals surface area (Å²) in [5, 5.41) is 3.28. The number of nitrogens with one attached hydrogen (secondary N) is 1. The van der Waals surface area contributed by atoms with Crippen LogP contribution in [0.2, 0.25) is 0 Å². The van der Waals surface area contributed by atoms with Gasteiger partial charge in [-0.05, 0) is 44.2 Å². The Morgan fingerprint density at radius 2 is 2.00 bits per heavy atom. The molecule has 108 valence electrons. The highest BCUT2D eigenvalue weighted by Gasteiger charge is 2.13. The van der Waals surface area contributed by atoms with Crippen molar-refractivity contribution in [2.75, 3.05) is 18.0 Å². The second-order valence-corrected chi connectivity index (χ2v) is 4.52. The molecule has 0 saturated carbocycles. The van der Waals surface area contributed by atoms with Gasteiger partial charge < -0.3 is 9.73 Å². The second-order valence-electron chi connectivity index (χ2n) is 4.52. The third-order valence-electron chi connectivity index (χ3n) is 2.96. The fourth-order valence-electron chi connectivity index (χ4n) is 1.94. The number of benzene rings is 1. The molecule has 0 fully saturated rings. The molecule has 0 aliphatic carbocycles. The van der Waals surface area contributed by atoms with Crippen LogP contribution >= 0.6 is 0 Å². The van der Waals surface area contributed by atoms with Crippen molar-refractivity contribution >= 4 is 11.7 Å². The van der Waals surface area contributed by atoms with E-state index in [1.54, 1.807) is 18.4 Å². The monoisotopic (exact) mass is 277 g/mol. The summed E-state index contributed by atoms with van der Waals surface area (Å²) in [6.07, 6.45) is 2.74. The van der Waals surface area contributed by atoms with Crippen LogP contribution in [0.5, 0.6) is 0 Å². The predicted octanol–water partition coefficient (Wildman–Crippen LogP) is 3.47. The SMILES string of the molecule is CCCNCc1coc(N(CC)c2ccc(F)cc2)n1. The van der Waals surface area contributed by atoms with Crippen molar-refractivity contribution in [3.8, 4) is 0 Å². The average molecular weight is 277 g/mol. The molecule has 5 heteroatoms. The van der Waals surface area contributed by atoms with Crippen LogP contribution in [0.1, 0.15) is 26.0 Å². The van der Waals surface area contributed by atoms with E-state index in [-0.39, 0.29) is 5.82 Å². The smallest absolute Gasteiger partial charge is 0.302 e. The lowest BCUT2D eigenvalue weighted by Crippen LogP contribution is -2.17. The van der Waals surface area contributed by atoms with E-state index in [1.165, 1.54) is 12.1 Å². The molecule has 2 rings (SSSR count). The molecular weight excluding hydrogens is 257 g/mol. The Morgan fingerprint density at radius 1 is 1.25 bits per heavy atom. The third kappa shape index (κ3) is 3.57. The molecule has 20 heavy (non-hydrogen) atoms. The Labute approximate surface area is 118 Å². The van der Waals surface area contributed by atoms with E-state index in [2.05, 4.69) is 17.2 Å². The first kappa shape index (κ1) is 14.5. The van der Waals surface area contributed by atoms with Crippen LogP contribution in [0.15, 0.2) is 34.9 Å². The fraction of sp³-hybridized carbons (Fsp3) is 0.400. The van der Waals surface area contributed by atoms with Crippen LogP contribution in [0.3, 0.4) is 0 Å². The molecule has 1 heterocycles. The van der Waals surface area contributed by atoms with Gasteiger partial charge >= 0.3 is 6.01 Å². The molecule has 1 aromatic heterocycles. The van der Waals surface area contributed by atoms with Crippen molar-refractivity contribution in [3.05, 3.63) is 42.0 Å². The number of hydrogen-bond donors (Lipinski definition) is 1. The molecule has 0 amide bonds. The predicted molar refractivity (Wildman–Crippen MR) is 77.6 cm³/mol. The second kappa shape index (κ2) is 7.05. The standard InChI is InChI=1S/C15H20FN3O/c1-3-9-17-10-13-11-20-15(18-13)19(4-2)14-7-5-12(16)6-8-14/h5-8,11,17H,3-4,9-10H2,1-2H3. The Kier molecular flexibility index (Phi) is 5.12. The van der Waals surface area contributed by atoms with Crippen molar-refractivity contribution in [2.45, 2.75) is 26.8 Å². The largest absolute Gasteiger partial charge is 0.431 e. The maximum absolute atomic E-state index is 13.0. The molecule has 2 aromatic rings. The normalized spacial score (nSPS) is 10.8. The van der Waals surface area contributed by atoms with Crippen LogP contribution in [0.4, 0.5) is 16.1 Å². The molecule has 0 saturated heterocycles. The minimum atomic E-state index is -0.248. The van der Waals surface area contributed by atoms with Crippen LogP contribution in [-0.2, 0) is 6.54 Å². The number of nitrogens with zero attached hydrogens (tertiary/aromatic N) is 2. The molecule has 0 bridgehead atoms. The lowest BCUT2D eigenvalue weighted by molar-refractivity contribution is 0.552. The lowest BCUT2D eigenvalue weighted by Gasteiger charge is -2.18. The number of anilines is 2. The summed E-state index contributed by atoms with van der Waals surface area (Å²) in [5.74, 6) is -0.248. The number of oxazole rings is 1. The first-order valence-corrected chi connectivity index (χ1v) is 6.92. The van der Waals surface area contributed by atoms with Crippen molar-refractivity contribution in [1.82, 2.24) is 10.3 Å². The summed E-state index contributed by atoms with van der Waals surface area (Å²) in [6, 6.07) is 6.85. The highest BCUT2D eigenvalue weighted by atomic mass is 19.1. The van der Waals surface area contributed by atoms with Crippen LogP contribution in [0.25, 0.3) is 0 Å². The zero-order valence-electron chi connectivity index (χ0n) is 11.9. The quantitative estimate of drug-likeness (QED) is 0.787. The van der Waals surface area contributed by atoms with E-state index < -0.39 is 0 Å². The minimum Gasteiger partial charge on any atom is -0.431 e. The van der Waals surface area contributed by atoms with Crippen LogP contribution < -0.4 is 10.2 Å². The summed E-state index contributed by atoms with van der Waals surface area (Å²) in [5.41, 5.74) is 1.73. The Hall–Kier alpha value is -1.88. The molecule has 0 radical (unpaired) electrons. The van der Waals surface area contributed by atoms with Crippen molar-refractivity contribution in [3.63, 3.8) is 0 Å². The van der Waals surface area contributed by atoms with Gasteiger partial charge in [0.05, 0.1) is 5.69 Å². The minimum absolute atomic E-state index is 0.248. The molecule has 4 nitrogen and oxygen atoms in total. The van der Waals surface area contributed by atoms with Crippen molar-refractivity contribution in [1.29, 1.82) is 0 Å². The van der Waals surface area contributed by atoms with E-state index in [0.29, 0.717) is 19.1 Å². The highest BCUT2D eigenvalue weighted by molar-refractivity contribution is 5.55. The molecular formula is C15H20FN3O. The van der Waals surface area contributed by atoms with E-state index >= 15 is 0 Å².